The zero-order valence-corrected chi connectivity index (χ0v) is 11.6. The number of carbonyl (C=O) groups is 1. The fourth-order valence-corrected chi connectivity index (χ4v) is 1.50. The van der Waals surface area contributed by atoms with Gasteiger partial charge in [-0.15, -0.1) is 0 Å². The number of para-hydroxylation sites is 1. The van der Waals surface area contributed by atoms with E-state index in [1.54, 1.807) is 31.3 Å². The van der Waals surface area contributed by atoms with Crippen molar-refractivity contribution in [1.82, 2.24) is 4.90 Å². The molecule has 0 saturated heterocycles. The quantitative estimate of drug-likeness (QED) is 0.811. The number of nitrogens with zero attached hydrogens (tertiary/aromatic N) is 1. The number of benzene rings is 1. The number of thiocarbonyl (C=S) groups is 1. The van der Waals surface area contributed by atoms with E-state index < -0.39 is 0 Å². The topological polar surface area (TPSA) is 55.6 Å². The Hall–Kier alpha value is -1.33. The third-order valence-corrected chi connectivity index (χ3v) is 2.82. The van der Waals surface area contributed by atoms with Crippen LogP contribution in [0.25, 0.3) is 0 Å². The molecule has 0 aromatic heterocycles. The van der Waals surface area contributed by atoms with Crippen LogP contribution in [0.15, 0.2) is 24.3 Å². The molecule has 4 nitrogen and oxygen atoms in total. The molecular weight excluding hydrogens is 272 g/mol. The summed E-state index contributed by atoms with van der Waals surface area (Å²) in [4.78, 5) is 13.6. The monoisotopic (exact) mass is 286 g/mol. The van der Waals surface area contributed by atoms with Crippen LogP contribution in [0.4, 0.5) is 0 Å². The number of nitrogens with two attached hydrogens (primary N) is 1. The van der Waals surface area contributed by atoms with Crippen LogP contribution in [-0.4, -0.2) is 36.0 Å². The molecule has 0 fully saturated rings. The fourth-order valence-electron chi connectivity index (χ4n) is 1.21. The van der Waals surface area contributed by atoms with Crippen LogP contribution in [-0.2, 0) is 4.79 Å². The number of hydrogen-bond donors (Lipinski definition) is 1. The lowest BCUT2D eigenvalue weighted by Gasteiger charge is -2.17. The molecule has 0 radical (unpaired) electrons. The Morgan fingerprint density at radius 3 is 2.78 bits per heavy atom. The summed E-state index contributed by atoms with van der Waals surface area (Å²) in [6, 6.07) is 7.01. The first-order valence-corrected chi connectivity index (χ1v) is 6.19. The summed E-state index contributed by atoms with van der Waals surface area (Å²) < 4.78 is 5.34. The number of hydrogen-bond acceptors (Lipinski definition) is 3. The summed E-state index contributed by atoms with van der Waals surface area (Å²) in [5, 5.41) is 0.482. The van der Waals surface area contributed by atoms with Crippen molar-refractivity contribution in [3.05, 3.63) is 29.3 Å². The Kier molecular flexibility index (Phi) is 5.88. The standard InChI is InChI=1S/C12H15ClN2O2S/c1-15(7-6-11(14)18)12(16)8-17-10-5-3-2-4-9(10)13/h2-5H,6-8H2,1H3,(H2,14,18). The van der Waals surface area contributed by atoms with E-state index >= 15 is 0 Å². The molecule has 0 saturated carbocycles. The normalized spacial score (nSPS) is 9.89. The molecule has 1 aromatic rings. The average molecular weight is 287 g/mol. The number of ether oxygens (including phenoxy) is 1. The first-order chi connectivity index (χ1) is 8.50. The number of rotatable bonds is 6. The minimum Gasteiger partial charge on any atom is -0.482 e. The van der Waals surface area contributed by atoms with Gasteiger partial charge in [-0.1, -0.05) is 36.0 Å². The summed E-state index contributed by atoms with van der Waals surface area (Å²) in [6.45, 7) is 0.428. The predicted octanol–water partition coefficient (Wildman–Crippen LogP) is 1.85. The van der Waals surface area contributed by atoms with E-state index in [0.717, 1.165) is 0 Å². The molecule has 0 bridgehead atoms. The van der Waals surface area contributed by atoms with Crippen LogP contribution in [0.5, 0.6) is 5.75 Å². The zero-order valence-electron chi connectivity index (χ0n) is 10.1. The second-order valence-corrected chi connectivity index (χ2v) is 4.68. The highest BCUT2D eigenvalue weighted by atomic mass is 35.5. The molecule has 0 heterocycles. The lowest BCUT2D eigenvalue weighted by atomic mass is 10.3. The van der Waals surface area contributed by atoms with Crippen LogP contribution in [0.3, 0.4) is 0 Å². The number of halogens is 1. The second kappa shape index (κ2) is 7.18. The molecule has 0 aliphatic rings. The van der Waals surface area contributed by atoms with E-state index in [4.69, 9.17) is 34.3 Å². The molecule has 0 unspecified atom stereocenters. The second-order valence-electron chi connectivity index (χ2n) is 3.75. The molecule has 2 N–H and O–H groups in total. The van der Waals surface area contributed by atoms with Crippen molar-refractivity contribution in [2.24, 2.45) is 5.73 Å². The van der Waals surface area contributed by atoms with Crippen molar-refractivity contribution < 1.29 is 9.53 Å². The van der Waals surface area contributed by atoms with E-state index in [2.05, 4.69) is 0 Å². The van der Waals surface area contributed by atoms with Gasteiger partial charge in [0.05, 0.1) is 10.0 Å². The molecule has 1 amide bonds. The molecule has 98 valence electrons. The average Bonchev–Trinajstić information content (AvgIpc) is 2.34. The lowest BCUT2D eigenvalue weighted by Crippen LogP contribution is -2.33. The van der Waals surface area contributed by atoms with Gasteiger partial charge < -0.3 is 15.4 Å². The molecule has 1 aromatic carbocycles. The number of likely N-dealkylation sites (N-methyl/N-ethyl adjacent to an activating group) is 1. The molecule has 18 heavy (non-hydrogen) atoms. The Morgan fingerprint density at radius 1 is 1.50 bits per heavy atom. The van der Waals surface area contributed by atoms with Crippen molar-refractivity contribution in [2.45, 2.75) is 6.42 Å². The molecule has 1 rings (SSSR count). The first kappa shape index (κ1) is 14.7. The van der Waals surface area contributed by atoms with E-state index in [9.17, 15) is 4.79 Å². The van der Waals surface area contributed by atoms with Crippen LogP contribution in [0, 0.1) is 0 Å². The molecule has 0 aliphatic heterocycles. The van der Waals surface area contributed by atoms with Gasteiger partial charge in [-0.3, -0.25) is 4.79 Å². The Labute approximate surface area is 117 Å². The van der Waals surface area contributed by atoms with Crippen LogP contribution in [0.2, 0.25) is 5.02 Å². The highest BCUT2D eigenvalue weighted by molar-refractivity contribution is 7.80. The minimum absolute atomic E-state index is 0.0580. The van der Waals surface area contributed by atoms with Crippen molar-refractivity contribution in [2.75, 3.05) is 20.2 Å². The minimum atomic E-state index is -0.147. The van der Waals surface area contributed by atoms with Gasteiger partial charge in [0.25, 0.3) is 5.91 Å². The van der Waals surface area contributed by atoms with Gasteiger partial charge in [0.15, 0.2) is 6.61 Å². The van der Waals surface area contributed by atoms with Gasteiger partial charge in [-0.2, -0.15) is 0 Å². The van der Waals surface area contributed by atoms with Crippen molar-refractivity contribution in [3.8, 4) is 5.75 Å². The molecule has 0 atom stereocenters. The summed E-state index contributed by atoms with van der Waals surface area (Å²) in [7, 11) is 1.68. The maximum Gasteiger partial charge on any atom is 0.260 e. The summed E-state index contributed by atoms with van der Waals surface area (Å²) in [5.74, 6) is 0.349. The Balaban J connectivity index is 2.41. The van der Waals surface area contributed by atoms with E-state index in [0.29, 0.717) is 28.7 Å². The number of amides is 1. The van der Waals surface area contributed by atoms with E-state index in [1.807, 2.05) is 0 Å². The zero-order chi connectivity index (χ0) is 13.5. The molecular formula is C12H15ClN2O2S. The smallest absolute Gasteiger partial charge is 0.260 e. The summed E-state index contributed by atoms with van der Waals surface area (Å²) >= 11 is 10.7. The highest BCUT2D eigenvalue weighted by Crippen LogP contribution is 2.22. The third kappa shape index (κ3) is 4.89. The van der Waals surface area contributed by atoms with Crippen molar-refractivity contribution >= 4 is 34.7 Å². The SMILES string of the molecule is CN(CCC(N)=S)C(=O)COc1ccccc1Cl. The molecule has 0 spiro atoms. The maximum atomic E-state index is 11.7. The van der Waals surface area contributed by atoms with Crippen LogP contribution in [0.1, 0.15) is 6.42 Å². The van der Waals surface area contributed by atoms with Crippen LogP contribution >= 0.6 is 23.8 Å². The van der Waals surface area contributed by atoms with Gasteiger partial charge in [0.2, 0.25) is 0 Å². The van der Waals surface area contributed by atoms with Gasteiger partial charge in [-0.25, -0.2) is 0 Å². The van der Waals surface area contributed by atoms with Crippen LogP contribution < -0.4 is 10.5 Å². The molecule has 0 aliphatic carbocycles. The summed E-state index contributed by atoms with van der Waals surface area (Å²) in [5.41, 5.74) is 5.37. The van der Waals surface area contributed by atoms with Gasteiger partial charge in [0.1, 0.15) is 5.75 Å². The van der Waals surface area contributed by atoms with E-state index in [1.165, 1.54) is 4.90 Å². The van der Waals surface area contributed by atoms with Gasteiger partial charge >= 0.3 is 0 Å². The third-order valence-electron chi connectivity index (χ3n) is 2.31. The Morgan fingerprint density at radius 2 is 2.17 bits per heavy atom. The van der Waals surface area contributed by atoms with Gasteiger partial charge in [0, 0.05) is 20.0 Å². The highest BCUT2D eigenvalue weighted by Gasteiger charge is 2.10. The molecule has 6 heteroatoms. The van der Waals surface area contributed by atoms with Crippen molar-refractivity contribution in [1.29, 1.82) is 0 Å². The maximum absolute atomic E-state index is 11.7. The Bertz CT molecular complexity index is 440. The van der Waals surface area contributed by atoms with Crippen molar-refractivity contribution in [3.63, 3.8) is 0 Å². The predicted molar refractivity (Wildman–Crippen MR) is 76.0 cm³/mol. The largest absolute Gasteiger partial charge is 0.482 e. The van der Waals surface area contributed by atoms with Gasteiger partial charge in [-0.05, 0) is 12.1 Å². The fraction of sp³-hybridized carbons (Fsp3) is 0.333. The number of carbonyl (C=O) groups excluding carboxylic acids is 1. The first-order valence-electron chi connectivity index (χ1n) is 5.40. The van der Waals surface area contributed by atoms with E-state index in [-0.39, 0.29) is 12.5 Å². The lowest BCUT2D eigenvalue weighted by molar-refractivity contribution is -0.131. The summed E-state index contributed by atoms with van der Waals surface area (Å²) in [6.07, 6.45) is 0.504.